The number of aromatic nitrogens is 2. The summed E-state index contributed by atoms with van der Waals surface area (Å²) >= 11 is 7.82. The van der Waals surface area contributed by atoms with Crippen molar-refractivity contribution in [3.8, 4) is 0 Å². The van der Waals surface area contributed by atoms with Crippen molar-refractivity contribution in [3.05, 3.63) is 17.0 Å². The van der Waals surface area contributed by atoms with Crippen LogP contribution < -0.4 is 0 Å². The molecule has 1 fully saturated rings. The number of hydrogen-bond acceptors (Lipinski definition) is 4. The Morgan fingerprint density at radius 2 is 2.18 bits per heavy atom. The number of hydrogen-bond donors (Lipinski definition) is 0. The second kappa shape index (κ2) is 6.57. The van der Waals surface area contributed by atoms with Gasteiger partial charge in [-0.2, -0.15) is 0 Å². The van der Waals surface area contributed by atoms with Crippen LogP contribution in [0.1, 0.15) is 38.4 Å². The minimum absolute atomic E-state index is 0.440. The van der Waals surface area contributed by atoms with Crippen molar-refractivity contribution in [1.82, 2.24) is 9.97 Å². The van der Waals surface area contributed by atoms with Gasteiger partial charge in [0, 0.05) is 17.9 Å². The smallest absolute Gasteiger partial charge is 0.156 e. The molecule has 1 aliphatic rings. The van der Waals surface area contributed by atoms with Gasteiger partial charge in [-0.3, -0.25) is 0 Å². The first-order valence-electron chi connectivity index (χ1n) is 6.06. The molecule has 17 heavy (non-hydrogen) atoms. The summed E-state index contributed by atoms with van der Waals surface area (Å²) in [4.78, 5) is 8.64. The van der Waals surface area contributed by atoms with Gasteiger partial charge < -0.3 is 4.74 Å². The van der Waals surface area contributed by atoms with E-state index in [1.54, 1.807) is 0 Å². The molecule has 0 aromatic carbocycles. The maximum atomic E-state index is 5.99. The van der Waals surface area contributed by atoms with Crippen LogP contribution in [-0.4, -0.2) is 21.8 Å². The molecule has 1 aliphatic carbocycles. The van der Waals surface area contributed by atoms with Crippen molar-refractivity contribution in [1.29, 1.82) is 0 Å². The zero-order valence-corrected chi connectivity index (χ0v) is 11.6. The standard InChI is InChI=1S/C12H17ClN2OS/c1-2-16-8-11-14-10(13)7-12(15-11)17-9-5-3-4-6-9/h7,9H,2-6,8H2,1H3. The monoisotopic (exact) mass is 272 g/mol. The minimum Gasteiger partial charge on any atom is -0.374 e. The van der Waals surface area contributed by atoms with Crippen LogP contribution in [0.5, 0.6) is 0 Å². The van der Waals surface area contributed by atoms with Crippen molar-refractivity contribution in [2.45, 2.75) is 49.5 Å². The molecule has 0 radical (unpaired) electrons. The van der Waals surface area contributed by atoms with Crippen molar-refractivity contribution >= 4 is 23.4 Å². The first kappa shape index (κ1) is 13.1. The van der Waals surface area contributed by atoms with Gasteiger partial charge in [-0.1, -0.05) is 24.4 Å². The molecule has 94 valence electrons. The zero-order valence-electron chi connectivity index (χ0n) is 9.99. The summed E-state index contributed by atoms with van der Waals surface area (Å²) in [6.45, 7) is 3.06. The Hall–Kier alpha value is -0.320. The number of halogens is 1. The van der Waals surface area contributed by atoms with Gasteiger partial charge in [0.05, 0.1) is 0 Å². The SMILES string of the molecule is CCOCc1nc(Cl)cc(SC2CCCC2)n1. The van der Waals surface area contributed by atoms with E-state index < -0.39 is 0 Å². The Bertz CT molecular complexity index is 370. The summed E-state index contributed by atoms with van der Waals surface area (Å²) in [7, 11) is 0. The van der Waals surface area contributed by atoms with Gasteiger partial charge in [0.15, 0.2) is 5.82 Å². The summed E-state index contributed by atoms with van der Waals surface area (Å²) in [5, 5.41) is 2.18. The molecule has 0 atom stereocenters. The van der Waals surface area contributed by atoms with Crippen molar-refractivity contribution in [2.24, 2.45) is 0 Å². The van der Waals surface area contributed by atoms with Crippen molar-refractivity contribution in [2.75, 3.05) is 6.61 Å². The number of thioether (sulfide) groups is 1. The van der Waals surface area contributed by atoms with E-state index in [0.717, 1.165) is 5.03 Å². The van der Waals surface area contributed by atoms with Crippen LogP contribution in [0.2, 0.25) is 5.15 Å². The number of ether oxygens (including phenoxy) is 1. The molecule has 5 heteroatoms. The summed E-state index contributed by atoms with van der Waals surface area (Å²) in [5.74, 6) is 0.680. The highest BCUT2D eigenvalue weighted by Gasteiger charge is 2.17. The fourth-order valence-corrected chi connectivity index (χ4v) is 3.45. The van der Waals surface area contributed by atoms with Gasteiger partial charge in [-0.25, -0.2) is 9.97 Å². The van der Waals surface area contributed by atoms with E-state index in [4.69, 9.17) is 16.3 Å². The molecular formula is C12H17ClN2OS. The van der Waals surface area contributed by atoms with Crippen LogP contribution in [0.25, 0.3) is 0 Å². The molecule has 1 saturated carbocycles. The van der Waals surface area contributed by atoms with Crippen molar-refractivity contribution in [3.63, 3.8) is 0 Å². The van der Waals surface area contributed by atoms with E-state index in [1.165, 1.54) is 25.7 Å². The average Bonchev–Trinajstić information content (AvgIpc) is 2.78. The Morgan fingerprint density at radius 3 is 2.88 bits per heavy atom. The molecule has 1 aromatic heterocycles. The first-order valence-corrected chi connectivity index (χ1v) is 7.31. The molecule has 0 N–H and O–H groups in total. The molecule has 1 aromatic rings. The molecule has 0 amide bonds. The second-order valence-electron chi connectivity index (χ2n) is 4.11. The fraction of sp³-hybridized carbons (Fsp3) is 0.667. The molecule has 0 unspecified atom stereocenters. The number of nitrogens with zero attached hydrogens (tertiary/aromatic N) is 2. The third-order valence-corrected chi connectivity index (χ3v) is 4.19. The maximum absolute atomic E-state index is 5.99. The van der Waals surface area contributed by atoms with Gasteiger partial charge in [0.2, 0.25) is 0 Å². The summed E-state index contributed by atoms with van der Waals surface area (Å²) in [6.07, 6.45) is 5.24. The molecule has 2 rings (SSSR count). The molecule has 0 bridgehead atoms. The predicted molar refractivity (Wildman–Crippen MR) is 70.5 cm³/mol. The minimum atomic E-state index is 0.440. The maximum Gasteiger partial charge on any atom is 0.156 e. The van der Waals surface area contributed by atoms with Crippen LogP contribution in [0.3, 0.4) is 0 Å². The molecule has 1 heterocycles. The van der Waals surface area contributed by atoms with E-state index in [9.17, 15) is 0 Å². The van der Waals surface area contributed by atoms with Gasteiger partial charge in [0.25, 0.3) is 0 Å². The third kappa shape index (κ3) is 4.12. The highest BCUT2D eigenvalue weighted by Crippen LogP contribution is 2.34. The van der Waals surface area contributed by atoms with Crippen LogP contribution in [0.4, 0.5) is 0 Å². The van der Waals surface area contributed by atoms with Crippen LogP contribution >= 0.6 is 23.4 Å². The van der Waals surface area contributed by atoms with Crippen molar-refractivity contribution < 1.29 is 4.74 Å². The van der Waals surface area contributed by atoms with Gasteiger partial charge in [-0.05, 0) is 19.8 Å². The molecule has 0 aliphatic heterocycles. The second-order valence-corrected chi connectivity index (χ2v) is 5.81. The topological polar surface area (TPSA) is 35.0 Å². The largest absolute Gasteiger partial charge is 0.374 e. The van der Waals surface area contributed by atoms with Crippen LogP contribution in [-0.2, 0) is 11.3 Å². The molecule has 0 spiro atoms. The van der Waals surface area contributed by atoms with Gasteiger partial charge in [-0.15, -0.1) is 11.8 Å². The Labute approximate surface area is 111 Å². The third-order valence-electron chi connectivity index (χ3n) is 2.74. The lowest BCUT2D eigenvalue weighted by Crippen LogP contribution is -2.02. The van der Waals surface area contributed by atoms with E-state index in [1.807, 2.05) is 24.8 Å². The summed E-state index contributed by atoms with van der Waals surface area (Å²) in [6, 6.07) is 1.85. The van der Waals surface area contributed by atoms with Gasteiger partial charge in [0.1, 0.15) is 16.8 Å². The Morgan fingerprint density at radius 1 is 1.41 bits per heavy atom. The van der Waals surface area contributed by atoms with Crippen LogP contribution in [0, 0.1) is 0 Å². The van der Waals surface area contributed by atoms with E-state index in [0.29, 0.717) is 29.4 Å². The fourth-order valence-electron chi connectivity index (χ4n) is 1.94. The lowest BCUT2D eigenvalue weighted by atomic mass is 10.4. The van der Waals surface area contributed by atoms with Crippen LogP contribution in [0.15, 0.2) is 11.1 Å². The zero-order chi connectivity index (χ0) is 12.1. The number of rotatable bonds is 5. The Balaban J connectivity index is 2.02. The first-order chi connectivity index (χ1) is 8.28. The van der Waals surface area contributed by atoms with E-state index in [-0.39, 0.29) is 0 Å². The summed E-state index contributed by atoms with van der Waals surface area (Å²) in [5.41, 5.74) is 0. The predicted octanol–water partition coefficient (Wildman–Crippen LogP) is 3.70. The normalized spacial score (nSPS) is 16.6. The van der Waals surface area contributed by atoms with E-state index >= 15 is 0 Å². The Kier molecular flexibility index (Phi) is 5.07. The lowest BCUT2D eigenvalue weighted by Gasteiger charge is -2.09. The highest BCUT2D eigenvalue weighted by atomic mass is 35.5. The molecule has 0 saturated heterocycles. The molecule has 3 nitrogen and oxygen atoms in total. The highest BCUT2D eigenvalue weighted by molar-refractivity contribution is 7.99. The average molecular weight is 273 g/mol. The molecular weight excluding hydrogens is 256 g/mol. The van der Waals surface area contributed by atoms with E-state index in [2.05, 4.69) is 9.97 Å². The summed E-state index contributed by atoms with van der Waals surface area (Å²) < 4.78 is 5.31. The van der Waals surface area contributed by atoms with Gasteiger partial charge >= 0.3 is 0 Å². The lowest BCUT2D eigenvalue weighted by molar-refractivity contribution is 0.128. The quantitative estimate of drug-likeness (QED) is 0.766.